The van der Waals surface area contributed by atoms with Crippen molar-refractivity contribution in [3.8, 4) is 27.3 Å². The van der Waals surface area contributed by atoms with Gasteiger partial charge in [0.25, 0.3) is 0 Å². The number of aliphatic hydroxyl groups excluding tert-OH is 1. The molecule has 2 aliphatic rings. The molecular weight excluding hydrogens is 1190 g/mol. The van der Waals surface area contributed by atoms with Crippen LogP contribution in [0.15, 0.2) is 84.9 Å². The highest BCUT2D eigenvalue weighted by Crippen LogP contribution is 2.42. The number of aryl methyl sites for hydroxylation is 1. The number of aromatic nitrogens is 3. The first kappa shape index (κ1) is 67.5. The van der Waals surface area contributed by atoms with Gasteiger partial charge in [-0.2, -0.15) is 4.98 Å². The number of likely N-dealkylation sites (N-methyl/N-ethyl adjacent to an activating group) is 1. The van der Waals surface area contributed by atoms with Gasteiger partial charge in [0.1, 0.15) is 35.8 Å². The molecule has 2 saturated heterocycles. The van der Waals surface area contributed by atoms with E-state index < -0.39 is 47.1 Å². The Bertz CT molecular complexity index is 3440. The first-order valence-corrected chi connectivity index (χ1v) is 31.0. The van der Waals surface area contributed by atoms with Crippen LogP contribution in [0.5, 0.6) is 5.75 Å². The summed E-state index contributed by atoms with van der Waals surface area (Å²) in [6.45, 7) is 17.0. The van der Waals surface area contributed by atoms with Crippen molar-refractivity contribution in [1.29, 1.82) is 0 Å². The normalized spacial score (nSPS) is 15.9. The van der Waals surface area contributed by atoms with Crippen molar-refractivity contribution in [1.82, 2.24) is 40.3 Å². The number of piperazine rings is 1. The number of hydrogen-bond acceptors (Lipinski definition) is 18. The fourth-order valence-electron chi connectivity index (χ4n) is 10.6. The van der Waals surface area contributed by atoms with E-state index >= 15 is 4.39 Å². The van der Waals surface area contributed by atoms with Crippen molar-refractivity contribution in [2.24, 2.45) is 5.41 Å². The van der Waals surface area contributed by atoms with Crippen LogP contribution < -0.4 is 20.9 Å². The van der Waals surface area contributed by atoms with Gasteiger partial charge in [-0.25, -0.2) is 14.4 Å². The third kappa shape index (κ3) is 17.9. The van der Waals surface area contributed by atoms with E-state index in [2.05, 4.69) is 32.5 Å². The zero-order valence-corrected chi connectivity index (χ0v) is 52.8. The molecule has 2 aromatic heterocycles. The number of carbonyl (C=O) groups excluding carboxylic acids is 5. The lowest BCUT2D eigenvalue weighted by Gasteiger charge is -2.35. The number of anilines is 2. The third-order valence-electron chi connectivity index (χ3n) is 15.4. The summed E-state index contributed by atoms with van der Waals surface area (Å²) >= 11 is 8.44. The predicted octanol–water partition coefficient (Wildman–Crippen LogP) is 6.93. The van der Waals surface area contributed by atoms with E-state index in [1.807, 2.05) is 88.0 Å². The molecule has 4 atom stereocenters. The molecule has 5 amide bonds. The molecule has 8 rings (SSSR count). The Kier molecular flexibility index (Phi) is 24.2. The van der Waals surface area contributed by atoms with Gasteiger partial charge >= 0.3 is 0 Å². The van der Waals surface area contributed by atoms with Gasteiger partial charge in [-0.3, -0.25) is 24.0 Å². The second-order valence-electron chi connectivity index (χ2n) is 22.9. The first-order chi connectivity index (χ1) is 42.7. The maximum atomic E-state index is 17.0. The lowest BCUT2D eigenvalue weighted by Crippen LogP contribution is -2.58. The molecule has 2 fully saturated rings. The Labute approximate surface area is 526 Å². The molecule has 0 saturated carbocycles. The number of thiazole rings is 1. The molecule has 6 aromatic rings. The monoisotopic (exact) mass is 1270 g/mol. The number of nitrogens with one attached hydrogen (secondary N) is 3. The van der Waals surface area contributed by atoms with Crippen molar-refractivity contribution >= 4 is 85.9 Å². The van der Waals surface area contributed by atoms with E-state index in [1.165, 1.54) is 17.0 Å². The minimum absolute atomic E-state index is 0.00423. The Balaban J connectivity index is 0.681. The summed E-state index contributed by atoms with van der Waals surface area (Å²) in [6.07, 6.45) is 0.518. The lowest BCUT2D eigenvalue weighted by atomic mass is 9.85. The van der Waals surface area contributed by atoms with Gasteiger partial charge in [0.15, 0.2) is 5.82 Å². The molecule has 4 heterocycles. The number of rotatable bonds is 30. The number of phenolic OH excluding ortho intramolecular Hbond substituents is 1. The second-order valence-corrected chi connectivity index (χ2v) is 24.2. The van der Waals surface area contributed by atoms with Crippen molar-refractivity contribution < 1.29 is 62.3 Å². The molecule has 0 spiro atoms. The average Bonchev–Trinajstić information content (AvgIpc) is 3.78. The van der Waals surface area contributed by atoms with Crippen LogP contribution in [0.1, 0.15) is 57.8 Å². The highest BCUT2D eigenvalue weighted by Gasteiger charge is 2.45. The minimum atomic E-state index is -0.999. The molecule has 4 aromatic carbocycles. The number of aliphatic hydroxyl groups is 1. The van der Waals surface area contributed by atoms with Crippen LogP contribution >= 0.6 is 22.9 Å². The Hall–Kier alpha value is -7.42. The number of likely N-dealkylation sites (tertiary alicyclic amines) is 1. The number of hydrogen-bond donors (Lipinski definition) is 5. The number of fused-ring (bicyclic) bond motifs is 2. The number of aromatic hydroxyl groups is 1. The average molecular weight is 1270 g/mol. The van der Waals surface area contributed by atoms with Gasteiger partial charge in [0.2, 0.25) is 35.5 Å². The van der Waals surface area contributed by atoms with E-state index in [0.29, 0.717) is 93.3 Å². The summed E-state index contributed by atoms with van der Waals surface area (Å²) in [5.74, 6) is -1.96. The maximum absolute atomic E-state index is 17.0. The fraction of sp³-hybridized carbons (Fsp3) is 0.469. The Morgan fingerprint density at radius 1 is 0.876 bits per heavy atom. The number of benzene rings is 4. The predicted molar refractivity (Wildman–Crippen MR) is 339 cm³/mol. The van der Waals surface area contributed by atoms with E-state index in [-0.39, 0.29) is 105 Å². The van der Waals surface area contributed by atoms with Gasteiger partial charge in [-0.05, 0) is 71.0 Å². The van der Waals surface area contributed by atoms with E-state index in [4.69, 9.17) is 40.3 Å². The zero-order valence-electron chi connectivity index (χ0n) is 51.2. The highest BCUT2D eigenvalue weighted by atomic mass is 35.5. The highest BCUT2D eigenvalue weighted by molar-refractivity contribution is 7.13. The summed E-state index contributed by atoms with van der Waals surface area (Å²) in [4.78, 5) is 87.6. The van der Waals surface area contributed by atoms with Gasteiger partial charge in [0.05, 0.1) is 92.7 Å². The van der Waals surface area contributed by atoms with Crippen molar-refractivity contribution in [2.75, 3.05) is 129 Å². The molecule has 5 N–H and O–H groups in total. The zero-order chi connectivity index (χ0) is 63.8. The standard InChI is InChI=1S/C64H80ClFN10O12S/c1-8-53(80)74-19-21-75(22-20-74)60-49-36-50(65)55(48-34-45(77)33-44-11-9-10-12-47(44)48)56(66)57(49)71-63(72-60)67-18-17-54(81)73(7)23-24-84-25-26-85-27-28-86-29-30-87-31-32-88-38-52(79)70-59(64(4,5)6)62(83)76-37-46(78)35-51(76)61(82)69-40(2)42-13-15-43(16-14-42)58-41(3)68-39-89-58/h8-16,33-34,36,39-40,46,51,59,77-78H,1,17-32,35,37-38H2,2-7H3,(H,69,82)(H,70,79)(H,67,71,72). The Morgan fingerprint density at radius 3 is 2.17 bits per heavy atom. The molecule has 4 unspecified atom stereocenters. The van der Waals surface area contributed by atoms with Crippen LogP contribution in [-0.4, -0.2) is 207 Å². The van der Waals surface area contributed by atoms with E-state index in [1.54, 1.807) is 45.8 Å². The summed E-state index contributed by atoms with van der Waals surface area (Å²) < 4.78 is 45.0. The number of carbonyl (C=O) groups is 5. The van der Waals surface area contributed by atoms with Crippen LogP contribution in [0.25, 0.3) is 43.2 Å². The molecule has 478 valence electrons. The largest absolute Gasteiger partial charge is 0.508 e. The van der Waals surface area contributed by atoms with Crippen LogP contribution in [0, 0.1) is 18.2 Å². The fourth-order valence-corrected chi connectivity index (χ4v) is 11.7. The quantitative estimate of drug-likeness (QED) is 0.0226. The SMILES string of the molecule is C=CC(=O)N1CCN(c2nc(NCCC(=O)N(C)CCOCCOCCOCCOCCOCC(=O)NC(C(=O)N3CC(O)CC3C(=O)NC(C)c3ccc(-c4scnc4C)cc3)C(C)(C)C)nc3c(F)c(-c4cc(O)cc5ccccc45)c(Cl)cc23)CC1. The number of β-amino-alcohol motifs (C(OH)–C–C–N with tert-alkyl or cyclic N) is 1. The minimum Gasteiger partial charge on any atom is -0.508 e. The van der Waals surface area contributed by atoms with Crippen molar-refractivity contribution in [3.63, 3.8) is 0 Å². The summed E-state index contributed by atoms with van der Waals surface area (Å²) in [5, 5.41) is 32.0. The third-order valence-corrected chi connectivity index (χ3v) is 16.7. The molecular formula is C64H80ClFN10O12S. The van der Waals surface area contributed by atoms with Crippen molar-refractivity contribution in [2.45, 2.75) is 71.7 Å². The first-order valence-electron chi connectivity index (χ1n) is 29.8. The van der Waals surface area contributed by atoms with Crippen LogP contribution in [-0.2, 0) is 47.7 Å². The molecule has 0 bridgehead atoms. The van der Waals surface area contributed by atoms with Gasteiger partial charge < -0.3 is 69.4 Å². The summed E-state index contributed by atoms with van der Waals surface area (Å²) in [5.41, 5.74) is 4.40. The topological polar surface area (TPSA) is 260 Å². The number of nitrogens with zero attached hydrogens (tertiary/aromatic N) is 7. The second kappa shape index (κ2) is 31.8. The van der Waals surface area contributed by atoms with Gasteiger partial charge in [-0.1, -0.05) is 87.5 Å². The molecule has 0 aliphatic carbocycles. The van der Waals surface area contributed by atoms with E-state index in [0.717, 1.165) is 21.7 Å². The maximum Gasteiger partial charge on any atom is 0.246 e. The van der Waals surface area contributed by atoms with Crippen LogP contribution in [0.2, 0.25) is 5.02 Å². The lowest BCUT2D eigenvalue weighted by molar-refractivity contribution is -0.144. The van der Waals surface area contributed by atoms with Crippen LogP contribution in [0.3, 0.4) is 0 Å². The number of phenols is 1. The molecule has 0 radical (unpaired) electrons. The molecule has 22 nitrogen and oxygen atoms in total. The number of ether oxygens (including phenoxy) is 5. The molecule has 89 heavy (non-hydrogen) atoms. The molecule has 25 heteroatoms. The van der Waals surface area contributed by atoms with Crippen LogP contribution in [0.4, 0.5) is 16.2 Å². The van der Waals surface area contributed by atoms with Gasteiger partial charge in [0, 0.05) is 76.7 Å². The number of halogens is 2. The van der Waals surface area contributed by atoms with Crippen molar-refractivity contribution in [3.05, 3.63) is 107 Å². The smallest absolute Gasteiger partial charge is 0.246 e. The summed E-state index contributed by atoms with van der Waals surface area (Å²) in [7, 11) is 1.68. The number of amides is 5. The van der Waals surface area contributed by atoms with Gasteiger partial charge in [-0.15, -0.1) is 11.3 Å². The van der Waals surface area contributed by atoms with E-state index in [9.17, 15) is 34.2 Å². The summed E-state index contributed by atoms with van der Waals surface area (Å²) in [6, 6.07) is 17.6. The molecule has 2 aliphatic heterocycles. The Morgan fingerprint density at radius 2 is 1.53 bits per heavy atom.